The topological polar surface area (TPSA) is 12.5 Å². The summed E-state index contributed by atoms with van der Waals surface area (Å²) in [5, 5.41) is 0. The molecule has 0 bridgehead atoms. The molecule has 0 amide bonds. The number of halogens is 3. The number of ether oxygens (including phenoxy) is 1. The molecular weight excluding hydrogens is 351 g/mol. The van der Waals surface area contributed by atoms with E-state index in [4.69, 9.17) is 0 Å². The predicted octanol–water partition coefficient (Wildman–Crippen LogP) is 5.20. The van der Waals surface area contributed by atoms with E-state index in [9.17, 15) is 13.2 Å². The highest BCUT2D eigenvalue weighted by molar-refractivity contribution is 5.29. The minimum absolute atomic E-state index is 0.125. The van der Waals surface area contributed by atoms with Gasteiger partial charge in [-0.1, -0.05) is 42.0 Å². The van der Waals surface area contributed by atoms with Crippen molar-refractivity contribution in [1.29, 1.82) is 0 Å². The second-order valence-corrected chi connectivity index (χ2v) is 7.91. The molecule has 1 saturated carbocycles. The molecule has 4 rings (SSSR count). The molecule has 2 nitrogen and oxygen atoms in total. The van der Waals surface area contributed by atoms with Crippen LogP contribution in [-0.4, -0.2) is 24.4 Å². The predicted molar refractivity (Wildman–Crippen MR) is 98.4 cm³/mol. The van der Waals surface area contributed by atoms with Gasteiger partial charge in [-0.2, -0.15) is 0 Å². The SMILES string of the molecule is Cc1cccc(CN2CC3C(CCc4cccc(OC(F)(F)F)c4)C3C2)c1. The van der Waals surface area contributed by atoms with Gasteiger partial charge in [0.1, 0.15) is 5.75 Å². The van der Waals surface area contributed by atoms with Crippen LogP contribution >= 0.6 is 0 Å². The van der Waals surface area contributed by atoms with Crippen LogP contribution in [0.5, 0.6) is 5.75 Å². The van der Waals surface area contributed by atoms with Crippen LogP contribution in [0.3, 0.4) is 0 Å². The highest BCUT2D eigenvalue weighted by atomic mass is 19.4. The molecule has 1 aliphatic heterocycles. The molecule has 1 aliphatic carbocycles. The third-order valence-corrected chi connectivity index (χ3v) is 5.83. The van der Waals surface area contributed by atoms with E-state index in [2.05, 4.69) is 40.8 Å². The number of hydrogen-bond acceptors (Lipinski definition) is 2. The lowest BCUT2D eigenvalue weighted by atomic mass is 10.0. The Morgan fingerprint density at radius 2 is 1.70 bits per heavy atom. The molecule has 0 spiro atoms. The molecule has 0 radical (unpaired) electrons. The zero-order valence-corrected chi connectivity index (χ0v) is 15.4. The Bertz CT molecular complexity index is 792. The summed E-state index contributed by atoms with van der Waals surface area (Å²) in [7, 11) is 0. The first-order valence-electron chi connectivity index (χ1n) is 9.50. The lowest BCUT2D eigenvalue weighted by Crippen LogP contribution is -2.24. The van der Waals surface area contributed by atoms with Gasteiger partial charge in [-0.25, -0.2) is 0 Å². The van der Waals surface area contributed by atoms with Crippen molar-refractivity contribution >= 4 is 0 Å². The molecule has 2 atom stereocenters. The van der Waals surface area contributed by atoms with Gasteiger partial charge in [0.15, 0.2) is 0 Å². The Morgan fingerprint density at radius 3 is 2.41 bits per heavy atom. The fourth-order valence-electron chi connectivity index (χ4n) is 4.59. The van der Waals surface area contributed by atoms with Crippen molar-refractivity contribution in [1.82, 2.24) is 4.90 Å². The van der Waals surface area contributed by atoms with Gasteiger partial charge in [-0.15, -0.1) is 13.2 Å². The summed E-state index contributed by atoms with van der Waals surface area (Å²) in [6.07, 6.45) is -2.78. The molecular formula is C22H24F3NO. The van der Waals surface area contributed by atoms with Crippen molar-refractivity contribution < 1.29 is 17.9 Å². The minimum Gasteiger partial charge on any atom is -0.406 e. The van der Waals surface area contributed by atoms with E-state index in [-0.39, 0.29) is 5.75 Å². The van der Waals surface area contributed by atoms with E-state index in [1.807, 2.05) is 6.07 Å². The standard InChI is InChI=1S/C22H24F3NO/c1-15-4-2-6-17(10-15)12-26-13-20-19(21(20)14-26)9-8-16-5-3-7-18(11-16)27-22(23,24)25/h2-7,10-11,19-21H,8-9,12-14H2,1H3. The summed E-state index contributed by atoms with van der Waals surface area (Å²) in [5.41, 5.74) is 3.58. The van der Waals surface area contributed by atoms with Crippen LogP contribution in [0.15, 0.2) is 48.5 Å². The number of piperidine rings is 1. The molecule has 2 aromatic rings. The maximum absolute atomic E-state index is 12.3. The highest BCUT2D eigenvalue weighted by Gasteiger charge is 2.54. The molecule has 2 unspecified atom stereocenters. The Kier molecular flexibility index (Phi) is 4.89. The lowest BCUT2D eigenvalue weighted by Gasteiger charge is -2.19. The van der Waals surface area contributed by atoms with E-state index in [1.165, 1.54) is 23.3 Å². The summed E-state index contributed by atoms with van der Waals surface area (Å²) in [4.78, 5) is 2.53. The van der Waals surface area contributed by atoms with Crippen molar-refractivity contribution in [2.75, 3.05) is 13.1 Å². The number of hydrogen-bond donors (Lipinski definition) is 0. The summed E-state index contributed by atoms with van der Waals surface area (Å²) >= 11 is 0. The first-order valence-corrected chi connectivity index (χ1v) is 9.50. The Hall–Kier alpha value is -2.01. The maximum Gasteiger partial charge on any atom is 0.573 e. The molecule has 1 heterocycles. The largest absolute Gasteiger partial charge is 0.573 e. The zero-order chi connectivity index (χ0) is 19.0. The first-order chi connectivity index (χ1) is 12.9. The van der Waals surface area contributed by atoms with E-state index in [0.717, 1.165) is 49.9 Å². The minimum atomic E-state index is -4.63. The van der Waals surface area contributed by atoms with Crippen LogP contribution in [0, 0.1) is 24.7 Å². The lowest BCUT2D eigenvalue weighted by molar-refractivity contribution is -0.274. The number of aryl methyl sites for hydroxylation is 2. The number of rotatable bonds is 6. The van der Waals surface area contributed by atoms with Crippen LogP contribution in [0.25, 0.3) is 0 Å². The molecule has 0 N–H and O–H groups in total. The van der Waals surface area contributed by atoms with Gasteiger partial charge in [-0.05, 0) is 60.8 Å². The fraction of sp³-hybridized carbons (Fsp3) is 0.455. The number of alkyl halides is 3. The van der Waals surface area contributed by atoms with Crippen molar-refractivity contribution in [3.8, 4) is 5.75 Å². The zero-order valence-electron chi connectivity index (χ0n) is 15.4. The molecule has 144 valence electrons. The molecule has 0 aromatic heterocycles. The van der Waals surface area contributed by atoms with Crippen LogP contribution in [0.4, 0.5) is 13.2 Å². The molecule has 1 saturated heterocycles. The van der Waals surface area contributed by atoms with E-state index in [0.29, 0.717) is 5.92 Å². The monoisotopic (exact) mass is 375 g/mol. The Balaban J connectivity index is 1.24. The normalized spacial score (nSPS) is 24.7. The van der Waals surface area contributed by atoms with Crippen LogP contribution in [0.1, 0.15) is 23.1 Å². The van der Waals surface area contributed by atoms with Gasteiger partial charge < -0.3 is 4.74 Å². The maximum atomic E-state index is 12.3. The molecule has 27 heavy (non-hydrogen) atoms. The number of fused-ring (bicyclic) bond motifs is 1. The van der Waals surface area contributed by atoms with Crippen molar-refractivity contribution in [3.63, 3.8) is 0 Å². The molecule has 2 aliphatic rings. The smallest absolute Gasteiger partial charge is 0.406 e. The quantitative estimate of drug-likeness (QED) is 0.688. The molecule has 2 aromatic carbocycles. The second kappa shape index (κ2) is 7.19. The van der Waals surface area contributed by atoms with Gasteiger partial charge >= 0.3 is 6.36 Å². The summed E-state index contributed by atoms with van der Waals surface area (Å²) in [5.74, 6) is 2.10. The summed E-state index contributed by atoms with van der Waals surface area (Å²) < 4.78 is 41.0. The molecule has 2 fully saturated rings. The van der Waals surface area contributed by atoms with E-state index in [1.54, 1.807) is 6.07 Å². The number of likely N-dealkylation sites (tertiary alicyclic amines) is 1. The van der Waals surface area contributed by atoms with Crippen molar-refractivity contribution in [3.05, 3.63) is 65.2 Å². The van der Waals surface area contributed by atoms with Gasteiger partial charge in [0.25, 0.3) is 0 Å². The average molecular weight is 375 g/mol. The second-order valence-electron chi connectivity index (χ2n) is 7.91. The third kappa shape index (κ3) is 4.64. The van der Waals surface area contributed by atoms with Gasteiger partial charge in [0.05, 0.1) is 0 Å². The van der Waals surface area contributed by atoms with Gasteiger partial charge in [-0.3, -0.25) is 4.90 Å². The summed E-state index contributed by atoms with van der Waals surface area (Å²) in [6, 6.07) is 15.0. The van der Waals surface area contributed by atoms with Crippen LogP contribution in [0.2, 0.25) is 0 Å². The van der Waals surface area contributed by atoms with E-state index >= 15 is 0 Å². The van der Waals surface area contributed by atoms with Crippen LogP contribution < -0.4 is 4.74 Å². The first kappa shape index (κ1) is 18.4. The van der Waals surface area contributed by atoms with E-state index < -0.39 is 6.36 Å². The van der Waals surface area contributed by atoms with Crippen molar-refractivity contribution in [2.24, 2.45) is 17.8 Å². The number of benzene rings is 2. The number of nitrogens with zero attached hydrogens (tertiary/aromatic N) is 1. The third-order valence-electron chi connectivity index (χ3n) is 5.83. The summed E-state index contributed by atoms with van der Waals surface area (Å²) in [6.45, 7) is 5.41. The average Bonchev–Trinajstić information content (AvgIpc) is 3.03. The van der Waals surface area contributed by atoms with Gasteiger partial charge in [0, 0.05) is 19.6 Å². The van der Waals surface area contributed by atoms with Crippen molar-refractivity contribution in [2.45, 2.75) is 32.7 Å². The fourth-order valence-corrected chi connectivity index (χ4v) is 4.59. The van der Waals surface area contributed by atoms with Crippen LogP contribution in [-0.2, 0) is 13.0 Å². The van der Waals surface area contributed by atoms with Gasteiger partial charge in [0.2, 0.25) is 0 Å². The Morgan fingerprint density at radius 1 is 1.00 bits per heavy atom. The highest BCUT2D eigenvalue weighted by Crippen LogP contribution is 2.54. The Labute approximate surface area is 157 Å². The molecule has 5 heteroatoms.